The predicted molar refractivity (Wildman–Crippen MR) is 52.6 cm³/mol. The van der Waals surface area contributed by atoms with Gasteiger partial charge in [0.2, 0.25) is 0 Å². The van der Waals surface area contributed by atoms with Crippen LogP contribution in [0.25, 0.3) is 0 Å². The van der Waals surface area contributed by atoms with E-state index in [0.717, 1.165) is 12.3 Å². The Morgan fingerprint density at radius 2 is 1.93 bits per heavy atom. The van der Waals surface area contributed by atoms with Crippen LogP contribution in [-0.4, -0.2) is 14.7 Å². The maximum atomic E-state index is 13.1. The van der Waals surface area contributed by atoms with E-state index < -0.39 is 27.2 Å². The van der Waals surface area contributed by atoms with E-state index in [4.69, 9.17) is 0 Å². The minimum Gasteiger partial charge on any atom is -0.229 e. The fourth-order valence-corrected chi connectivity index (χ4v) is 2.40. The molecule has 0 saturated heterocycles. The first kappa shape index (κ1) is 11.6. The monoisotopic (exact) mass is 284 g/mol. The second kappa shape index (κ2) is 3.94. The van der Waals surface area contributed by atoms with E-state index in [-0.39, 0.29) is 10.0 Å². The number of benzene rings is 1. The van der Waals surface area contributed by atoms with E-state index in [0.29, 0.717) is 0 Å². The molecule has 1 aromatic carbocycles. The molecule has 0 spiro atoms. The molecule has 0 heterocycles. The van der Waals surface area contributed by atoms with Crippen LogP contribution in [0.2, 0.25) is 0 Å². The average Bonchev–Trinajstić information content (AvgIpc) is 2.04. The third-order valence-corrected chi connectivity index (χ3v) is 3.10. The quantitative estimate of drug-likeness (QED) is 0.781. The summed E-state index contributed by atoms with van der Waals surface area (Å²) >= 11 is 2.96. The SMILES string of the molecule is CS(=O)(=O)Cc1c(Br)ccc(F)c1F. The van der Waals surface area contributed by atoms with Crippen LogP contribution in [0.15, 0.2) is 16.6 Å². The lowest BCUT2D eigenvalue weighted by Gasteiger charge is -2.04. The van der Waals surface area contributed by atoms with Crippen LogP contribution < -0.4 is 0 Å². The van der Waals surface area contributed by atoms with Gasteiger partial charge in [-0.3, -0.25) is 0 Å². The molecule has 0 radical (unpaired) electrons. The lowest BCUT2D eigenvalue weighted by Crippen LogP contribution is -2.05. The Kier molecular flexibility index (Phi) is 3.26. The third kappa shape index (κ3) is 2.75. The molecular weight excluding hydrogens is 278 g/mol. The van der Waals surface area contributed by atoms with Crippen LogP contribution >= 0.6 is 15.9 Å². The van der Waals surface area contributed by atoms with Crippen LogP contribution in [0.3, 0.4) is 0 Å². The van der Waals surface area contributed by atoms with E-state index in [2.05, 4.69) is 15.9 Å². The summed E-state index contributed by atoms with van der Waals surface area (Å²) in [4.78, 5) is 0. The highest BCUT2D eigenvalue weighted by molar-refractivity contribution is 9.10. The van der Waals surface area contributed by atoms with Crippen molar-refractivity contribution in [2.75, 3.05) is 6.26 Å². The lowest BCUT2D eigenvalue weighted by molar-refractivity contribution is 0.500. The highest BCUT2D eigenvalue weighted by atomic mass is 79.9. The van der Waals surface area contributed by atoms with Crippen LogP contribution in [-0.2, 0) is 15.6 Å². The van der Waals surface area contributed by atoms with Gasteiger partial charge in [-0.2, -0.15) is 0 Å². The van der Waals surface area contributed by atoms with E-state index in [1.807, 2.05) is 0 Å². The Morgan fingerprint density at radius 1 is 1.36 bits per heavy atom. The van der Waals surface area contributed by atoms with E-state index >= 15 is 0 Å². The number of halogens is 3. The van der Waals surface area contributed by atoms with Gasteiger partial charge < -0.3 is 0 Å². The van der Waals surface area contributed by atoms with Gasteiger partial charge >= 0.3 is 0 Å². The Bertz CT molecular complexity index is 457. The summed E-state index contributed by atoms with van der Waals surface area (Å²) in [6, 6.07) is 2.21. The normalized spacial score (nSPS) is 11.7. The molecule has 1 aromatic rings. The maximum Gasteiger partial charge on any atom is 0.164 e. The van der Waals surface area contributed by atoms with Gasteiger partial charge in [-0.15, -0.1) is 0 Å². The van der Waals surface area contributed by atoms with Gasteiger partial charge in [-0.25, -0.2) is 17.2 Å². The average molecular weight is 285 g/mol. The molecule has 14 heavy (non-hydrogen) atoms. The largest absolute Gasteiger partial charge is 0.229 e. The fraction of sp³-hybridized carbons (Fsp3) is 0.250. The first-order valence-electron chi connectivity index (χ1n) is 3.61. The molecule has 6 heteroatoms. The first-order valence-corrected chi connectivity index (χ1v) is 6.46. The summed E-state index contributed by atoms with van der Waals surface area (Å²) in [5.74, 6) is -2.69. The number of hydrogen-bond donors (Lipinski definition) is 0. The first-order chi connectivity index (χ1) is 6.31. The molecule has 0 atom stereocenters. The van der Waals surface area contributed by atoms with Gasteiger partial charge in [0.25, 0.3) is 0 Å². The Hall–Kier alpha value is -0.490. The van der Waals surface area contributed by atoms with Crippen molar-refractivity contribution in [3.63, 3.8) is 0 Å². The number of rotatable bonds is 2. The highest BCUT2D eigenvalue weighted by Gasteiger charge is 2.16. The van der Waals surface area contributed by atoms with Gasteiger partial charge in [0.1, 0.15) is 0 Å². The van der Waals surface area contributed by atoms with Crippen molar-refractivity contribution in [2.24, 2.45) is 0 Å². The molecule has 0 fully saturated rings. The van der Waals surface area contributed by atoms with E-state index in [9.17, 15) is 17.2 Å². The van der Waals surface area contributed by atoms with Gasteiger partial charge in [0.15, 0.2) is 21.5 Å². The summed E-state index contributed by atoms with van der Waals surface area (Å²) < 4.78 is 47.9. The topological polar surface area (TPSA) is 34.1 Å². The zero-order valence-electron chi connectivity index (χ0n) is 7.22. The van der Waals surface area contributed by atoms with Gasteiger partial charge in [-0.1, -0.05) is 15.9 Å². The Balaban J connectivity index is 3.27. The van der Waals surface area contributed by atoms with Crippen molar-refractivity contribution in [3.8, 4) is 0 Å². The molecule has 0 N–H and O–H groups in total. The molecule has 0 aliphatic heterocycles. The van der Waals surface area contributed by atoms with E-state index in [1.54, 1.807) is 0 Å². The molecule has 2 nitrogen and oxygen atoms in total. The lowest BCUT2D eigenvalue weighted by atomic mass is 10.2. The zero-order valence-corrected chi connectivity index (χ0v) is 9.62. The molecule has 0 saturated carbocycles. The summed E-state index contributed by atoms with van der Waals surface area (Å²) in [5, 5.41) is 0. The van der Waals surface area contributed by atoms with Crippen LogP contribution in [0, 0.1) is 11.6 Å². The Morgan fingerprint density at radius 3 is 2.43 bits per heavy atom. The van der Waals surface area contributed by atoms with Crippen LogP contribution in [0.1, 0.15) is 5.56 Å². The van der Waals surface area contributed by atoms with Crippen molar-refractivity contribution < 1.29 is 17.2 Å². The smallest absolute Gasteiger partial charge is 0.164 e. The van der Waals surface area contributed by atoms with Crippen molar-refractivity contribution in [2.45, 2.75) is 5.75 Å². The molecule has 78 valence electrons. The van der Waals surface area contributed by atoms with Gasteiger partial charge in [0.05, 0.1) is 5.75 Å². The molecule has 0 bridgehead atoms. The summed E-state index contributed by atoms with van der Waals surface area (Å²) in [7, 11) is -3.38. The van der Waals surface area contributed by atoms with Gasteiger partial charge in [0, 0.05) is 16.3 Å². The molecule has 0 aliphatic carbocycles. The van der Waals surface area contributed by atoms with Crippen molar-refractivity contribution in [1.29, 1.82) is 0 Å². The molecule has 0 amide bonds. The highest BCUT2D eigenvalue weighted by Crippen LogP contribution is 2.23. The minimum absolute atomic E-state index is 0.174. The van der Waals surface area contributed by atoms with Crippen molar-refractivity contribution in [3.05, 3.63) is 33.8 Å². The molecular formula is C8H7BrF2O2S. The van der Waals surface area contributed by atoms with E-state index in [1.165, 1.54) is 6.07 Å². The second-order valence-corrected chi connectivity index (χ2v) is 5.89. The summed E-state index contributed by atoms with van der Waals surface area (Å²) in [6.07, 6.45) is 0.962. The zero-order chi connectivity index (χ0) is 10.9. The standard InChI is InChI=1S/C8H7BrF2O2S/c1-14(12,13)4-5-6(9)2-3-7(10)8(5)11/h2-3H,4H2,1H3. The molecule has 0 unspecified atom stereocenters. The number of sulfone groups is 1. The fourth-order valence-electron chi connectivity index (χ4n) is 0.964. The molecule has 0 aromatic heterocycles. The summed E-state index contributed by atoms with van der Waals surface area (Å²) in [5.41, 5.74) is -0.174. The third-order valence-electron chi connectivity index (χ3n) is 1.55. The predicted octanol–water partition coefficient (Wildman–Crippen LogP) is 2.27. The van der Waals surface area contributed by atoms with Gasteiger partial charge in [-0.05, 0) is 12.1 Å². The van der Waals surface area contributed by atoms with Crippen molar-refractivity contribution in [1.82, 2.24) is 0 Å². The maximum absolute atomic E-state index is 13.1. The van der Waals surface area contributed by atoms with Crippen LogP contribution in [0.4, 0.5) is 8.78 Å². The summed E-state index contributed by atoms with van der Waals surface area (Å²) in [6.45, 7) is 0. The molecule has 0 aliphatic rings. The Labute approximate surface area is 89.0 Å². The van der Waals surface area contributed by atoms with Crippen molar-refractivity contribution >= 4 is 25.8 Å². The second-order valence-electron chi connectivity index (χ2n) is 2.89. The van der Waals surface area contributed by atoms with Crippen LogP contribution in [0.5, 0.6) is 0 Å². The molecule has 1 rings (SSSR count). The minimum atomic E-state index is -3.38. The number of hydrogen-bond acceptors (Lipinski definition) is 2.